The lowest BCUT2D eigenvalue weighted by atomic mass is 10.3. The number of halogens is 1. The molecule has 0 unspecified atom stereocenters. The van der Waals surface area contributed by atoms with Gasteiger partial charge in [-0.1, -0.05) is 11.6 Å². The highest BCUT2D eigenvalue weighted by atomic mass is 35.5. The third-order valence-corrected chi connectivity index (χ3v) is 2.20. The largest absolute Gasteiger partial charge is 0.487 e. The Kier molecular flexibility index (Phi) is 2.78. The molecule has 3 N–H and O–H groups in total. The first-order chi connectivity index (χ1) is 7.25. The highest BCUT2D eigenvalue weighted by Crippen LogP contribution is 2.26. The standard InChI is InChI=1S/C10H10ClN3O/c11-9-3-8(12)1-2-10(9)15-6-7-4-13-14-5-7/h1-5H,6,12H2,(H,13,14). The van der Waals surface area contributed by atoms with Crippen molar-refractivity contribution in [2.45, 2.75) is 6.61 Å². The zero-order chi connectivity index (χ0) is 10.7. The maximum absolute atomic E-state index is 5.94. The highest BCUT2D eigenvalue weighted by molar-refractivity contribution is 6.32. The summed E-state index contributed by atoms with van der Waals surface area (Å²) in [6, 6.07) is 5.15. The maximum Gasteiger partial charge on any atom is 0.138 e. The predicted octanol–water partition coefficient (Wildman–Crippen LogP) is 2.22. The number of anilines is 1. The average Bonchev–Trinajstić information content (AvgIpc) is 2.69. The van der Waals surface area contributed by atoms with Crippen LogP contribution in [0.1, 0.15) is 5.56 Å². The SMILES string of the molecule is Nc1ccc(OCc2cn[nH]c2)c(Cl)c1. The molecule has 2 aromatic rings. The normalized spacial score (nSPS) is 10.2. The Morgan fingerprint density at radius 1 is 1.47 bits per heavy atom. The van der Waals surface area contributed by atoms with Crippen LogP contribution in [0.2, 0.25) is 5.02 Å². The first kappa shape index (κ1) is 9.86. The predicted molar refractivity (Wildman–Crippen MR) is 58.8 cm³/mol. The van der Waals surface area contributed by atoms with Gasteiger partial charge < -0.3 is 10.5 Å². The Morgan fingerprint density at radius 3 is 3.00 bits per heavy atom. The van der Waals surface area contributed by atoms with Crippen molar-refractivity contribution in [1.29, 1.82) is 0 Å². The summed E-state index contributed by atoms with van der Waals surface area (Å²) in [5.41, 5.74) is 7.15. The van der Waals surface area contributed by atoms with E-state index in [9.17, 15) is 0 Å². The molecule has 0 bridgehead atoms. The molecule has 0 spiro atoms. The molecule has 0 amide bonds. The summed E-state index contributed by atoms with van der Waals surface area (Å²) < 4.78 is 5.49. The van der Waals surface area contributed by atoms with Gasteiger partial charge in [0.05, 0.1) is 11.2 Å². The van der Waals surface area contributed by atoms with E-state index >= 15 is 0 Å². The van der Waals surface area contributed by atoms with E-state index in [1.54, 1.807) is 30.6 Å². The molecular weight excluding hydrogens is 214 g/mol. The second-order valence-electron chi connectivity index (χ2n) is 3.09. The van der Waals surface area contributed by atoms with Crippen LogP contribution >= 0.6 is 11.6 Å². The quantitative estimate of drug-likeness (QED) is 0.785. The summed E-state index contributed by atoms with van der Waals surface area (Å²) in [5, 5.41) is 7.03. The number of benzene rings is 1. The first-order valence-electron chi connectivity index (χ1n) is 4.41. The maximum atomic E-state index is 5.94. The number of aromatic amines is 1. The number of ether oxygens (including phenoxy) is 1. The highest BCUT2D eigenvalue weighted by Gasteiger charge is 2.02. The minimum atomic E-state index is 0.431. The third-order valence-electron chi connectivity index (χ3n) is 1.91. The lowest BCUT2D eigenvalue weighted by molar-refractivity contribution is 0.306. The van der Waals surface area contributed by atoms with Crippen LogP contribution in [0.15, 0.2) is 30.6 Å². The topological polar surface area (TPSA) is 63.9 Å². The van der Waals surface area contributed by atoms with Crippen LogP contribution in [0.5, 0.6) is 5.75 Å². The van der Waals surface area contributed by atoms with Gasteiger partial charge in [-0.3, -0.25) is 5.10 Å². The fraction of sp³-hybridized carbons (Fsp3) is 0.100. The number of H-pyrrole nitrogens is 1. The average molecular weight is 224 g/mol. The number of rotatable bonds is 3. The van der Waals surface area contributed by atoms with Crippen LogP contribution in [0.3, 0.4) is 0 Å². The van der Waals surface area contributed by atoms with Gasteiger partial charge in [-0.05, 0) is 18.2 Å². The number of hydrogen-bond donors (Lipinski definition) is 2. The van der Waals surface area contributed by atoms with Crippen molar-refractivity contribution in [3.05, 3.63) is 41.2 Å². The zero-order valence-electron chi connectivity index (χ0n) is 7.90. The van der Waals surface area contributed by atoms with Crippen LogP contribution in [-0.4, -0.2) is 10.2 Å². The smallest absolute Gasteiger partial charge is 0.138 e. The fourth-order valence-corrected chi connectivity index (χ4v) is 1.40. The first-order valence-corrected chi connectivity index (χ1v) is 4.79. The van der Waals surface area contributed by atoms with E-state index in [2.05, 4.69) is 10.2 Å². The van der Waals surface area contributed by atoms with E-state index in [0.717, 1.165) is 5.56 Å². The Balaban J connectivity index is 2.05. The zero-order valence-corrected chi connectivity index (χ0v) is 8.66. The molecule has 0 fully saturated rings. The molecule has 5 heteroatoms. The summed E-state index contributed by atoms with van der Waals surface area (Å²) in [5.74, 6) is 0.618. The molecule has 2 rings (SSSR count). The van der Waals surface area contributed by atoms with Crippen LogP contribution in [-0.2, 0) is 6.61 Å². The number of nitrogen functional groups attached to an aromatic ring is 1. The molecule has 0 aliphatic rings. The minimum absolute atomic E-state index is 0.431. The van der Waals surface area contributed by atoms with Crippen LogP contribution in [0.25, 0.3) is 0 Å². The molecular formula is C10H10ClN3O. The number of nitrogens with two attached hydrogens (primary N) is 1. The van der Waals surface area contributed by atoms with Gasteiger partial charge in [0.1, 0.15) is 12.4 Å². The van der Waals surface area contributed by atoms with Gasteiger partial charge >= 0.3 is 0 Å². The number of nitrogens with one attached hydrogen (secondary N) is 1. The van der Waals surface area contributed by atoms with Gasteiger partial charge in [0, 0.05) is 17.4 Å². The van der Waals surface area contributed by atoms with E-state index in [-0.39, 0.29) is 0 Å². The summed E-state index contributed by atoms with van der Waals surface area (Å²) in [6.45, 7) is 0.431. The van der Waals surface area contributed by atoms with Crippen molar-refractivity contribution in [2.24, 2.45) is 0 Å². The van der Waals surface area contributed by atoms with Crippen molar-refractivity contribution < 1.29 is 4.74 Å². The Bertz CT molecular complexity index is 442. The van der Waals surface area contributed by atoms with Crippen molar-refractivity contribution in [3.8, 4) is 5.75 Å². The second-order valence-corrected chi connectivity index (χ2v) is 3.49. The molecule has 0 radical (unpaired) electrons. The van der Waals surface area contributed by atoms with Gasteiger partial charge in [0.25, 0.3) is 0 Å². The summed E-state index contributed by atoms with van der Waals surface area (Å²) >= 11 is 5.94. The van der Waals surface area contributed by atoms with Crippen molar-refractivity contribution in [3.63, 3.8) is 0 Å². The van der Waals surface area contributed by atoms with Gasteiger partial charge in [-0.15, -0.1) is 0 Å². The van der Waals surface area contributed by atoms with Gasteiger partial charge in [-0.25, -0.2) is 0 Å². The molecule has 4 nitrogen and oxygen atoms in total. The lowest BCUT2D eigenvalue weighted by Gasteiger charge is -2.06. The summed E-state index contributed by atoms with van der Waals surface area (Å²) in [7, 11) is 0. The molecule has 78 valence electrons. The van der Waals surface area contributed by atoms with Gasteiger partial charge in [-0.2, -0.15) is 5.10 Å². The van der Waals surface area contributed by atoms with E-state index in [1.165, 1.54) is 0 Å². The fourth-order valence-electron chi connectivity index (χ4n) is 1.15. The monoisotopic (exact) mass is 223 g/mol. The van der Waals surface area contributed by atoms with Crippen molar-refractivity contribution in [1.82, 2.24) is 10.2 Å². The molecule has 0 aliphatic heterocycles. The van der Waals surface area contributed by atoms with E-state index in [1.807, 2.05) is 0 Å². The minimum Gasteiger partial charge on any atom is -0.487 e. The van der Waals surface area contributed by atoms with Crippen LogP contribution in [0.4, 0.5) is 5.69 Å². The number of hydrogen-bond acceptors (Lipinski definition) is 3. The van der Waals surface area contributed by atoms with E-state index < -0.39 is 0 Å². The van der Waals surface area contributed by atoms with E-state index in [4.69, 9.17) is 22.1 Å². The van der Waals surface area contributed by atoms with Crippen LogP contribution in [0, 0.1) is 0 Å². The van der Waals surface area contributed by atoms with Gasteiger partial charge in [0.2, 0.25) is 0 Å². The Hall–Kier alpha value is -1.68. The number of aromatic nitrogens is 2. The molecule has 0 atom stereocenters. The van der Waals surface area contributed by atoms with Crippen molar-refractivity contribution >= 4 is 17.3 Å². The Morgan fingerprint density at radius 2 is 2.33 bits per heavy atom. The summed E-state index contributed by atoms with van der Waals surface area (Å²) in [6.07, 6.45) is 3.47. The molecule has 1 aromatic carbocycles. The van der Waals surface area contributed by atoms with Gasteiger partial charge in [0.15, 0.2) is 0 Å². The number of nitrogens with zero attached hydrogens (tertiary/aromatic N) is 1. The molecule has 1 heterocycles. The molecule has 0 saturated carbocycles. The van der Waals surface area contributed by atoms with Crippen molar-refractivity contribution in [2.75, 3.05) is 5.73 Å². The molecule has 0 aliphatic carbocycles. The molecule has 1 aromatic heterocycles. The molecule has 0 saturated heterocycles. The summed E-state index contributed by atoms with van der Waals surface area (Å²) in [4.78, 5) is 0. The van der Waals surface area contributed by atoms with Crippen LogP contribution < -0.4 is 10.5 Å². The lowest BCUT2D eigenvalue weighted by Crippen LogP contribution is -1.95. The second kappa shape index (κ2) is 4.23. The third kappa shape index (κ3) is 2.41. The molecule has 15 heavy (non-hydrogen) atoms. The van der Waals surface area contributed by atoms with E-state index in [0.29, 0.717) is 23.1 Å². The Labute approximate surface area is 92.0 Å².